The number of esters is 1. The second-order valence-corrected chi connectivity index (χ2v) is 7.37. The summed E-state index contributed by atoms with van der Waals surface area (Å²) in [6.45, 7) is 0.442. The maximum absolute atomic E-state index is 13.4. The van der Waals surface area contributed by atoms with Crippen molar-refractivity contribution in [2.75, 3.05) is 26.8 Å². The number of ether oxygens (including phenoxy) is 2. The van der Waals surface area contributed by atoms with Crippen LogP contribution >= 0.6 is 11.3 Å². The summed E-state index contributed by atoms with van der Waals surface area (Å²) in [4.78, 5) is 39.3. The van der Waals surface area contributed by atoms with E-state index in [1.807, 2.05) is 11.4 Å². The molecule has 1 aromatic heterocycles. The zero-order valence-electron chi connectivity index (χ0n) is 15.4. The molecule has 148 valence electrons. The number of hydrogen-bond acceptors (Lipinski definition) is 6. The topological polar surface area (TPSA) is 72.9 Å². The molecule has 0 bridgehead atoms. The minimum Gasteiger partial charge on any atom is -0.496 e. The van der Waals surface area contributed by atoms with Crippen LogP contribution in [0.1, 0.15) is 32.9 Å². The van der Waals surface area contributed by atoms with Crippen molar-refractivity contribution < 1.29 is 28.2 Å². The molecule has 1 amide bonds. The number of rotatable bonds is 6. The summed E-state index contributed by atoms with van der Waals surface area (Å²) in [5, 5.41) is 1.85. The Bertz CT molecular complexity index is 859. The van der Waals surface area contributed by atoms with Crippen LogP contribution in [-0.2, 0) is 9.53 Å². The first kappa shape index (κ1) is 20.0. The van der Waals surface area contributed by atoms with Crippen molar-refractivity contribution in [3.63, 3.8) is 0 Å². The number of likely N-dealkylation sites (tertiary alicyclic amines) is 1. The number of carbonyl (C=O) groups excluding carboxylic acids is 3. The van der Waals surface area contributed by atoms with Gasteiger partial charge in [0.1, 0.15) is 11.6 Å². The lowest BCUT2D eigenvalue weighted by atomic mass is 9.97. The molecule has 1 saturated heterocycles. The van der Waals surface area contributed by atoms with Crippen molar-refractivity contribution in [2.24, 2.45) is 5.92 Å². The number of ketones is 1. The van der Waals surface area contributed by atoms with Gasteiger partial charge >= 0.3 is 5.97 Å². The van der Waals surface area contributed by atoms with Gasteiger partial charge < -0.3 is 14.4 Å². The van der Waals surface area contributed by atoms with E-state index in [4.69, 9.17) is 9.47 Å². The van der Waals surface area contributed by atoms with Crippen molar-refractivity contribution in [3.05, 3.63) is 52.0 Å². The molecular formula is C20H20FNO5S. The predicted octanol–water partition coefficient (Wildman–Crippen LogP) is 3.17. The predicted molar refractivity (Wildman–Crippen MR) is 101 cm³/mol. The van der Waals surface area contributed by atoms with Gasteiger partial charge in [0, 0.05) is 13.1 Å². The molecule has 1 aromatic carbocycles. The van der Waals surface area contributed by atoms with E-state index in [2.05, 4.69) is 0 Å². The highest BCUT2D eigenvalue weighted by Crippen LogP contribution is 2.23. The fraction of sp³-hybridized carbons (Fsp3) is 0.350. The molecule has 0 spiro atoms. The Kier molecular flexibility index (Phi) is 6.41. The van der Waals surface area contributed by atoms with E-state index < -0.39 is 24.2 Å². The number of piperidine rings is 1. The zero-order valence-corrected chi connectivity index (χ0v) is 16.2. The Hall–Kier alpha value is -2.74. The summed E-state index contributed by atoms with van der Waals surface area (Å²) < 4.78 is 23.6. The Morgan fingerprint density at radius 3 is 2.61 bits per heavy atom. The molecule has 2 heterocycles. The number of amides is 1. The van der Waals surface area contributed by atoms with Gasteiger partial charge in [-0.2, -0.15) is 0 Å². The van der Waals surface area contributed by atoms with Gasteiger partial charge in [-0.3, -0.25) is 14.4 Å². The normalized spacial score (nSPS) is 14.6. The second-order valence-electron chi connectivity index (χ2n) is 6.42. The highest BCUT2D eigenvalue weighted by molar-refractivity contribution is 7.12. The molecule has 8 heteroatoms. The standard InChI is InChI=1S/C20H20FNO5S/c1-26-17-5-4-14(21)11-15(17)16(23)12-27-20(25)13-6-8-22(9-7-13)19(24)18-3-2-10-28-18/h2-5,10-11,13H,6-9,12H2,1H3. The first-order valence-electron chi connectivity index (χ1n) is 8.85. The van der Waals surface area contributed by atoms with E-state index in [1.54, 1.807) is 11.0 Å². The molecule has 0 unspecified atom stereocenters. The number of hydrogen-bond donors (Lipinski definition) is 0. The highest BCUT2D eigenvalue weighted by Gasteiger charge is 2.29. The van der Waals surface area contributed by atoms with Crippen LogP contribution in [0.2, 0.25) is 0 Å². The van der Waals surface area contributed by atoms with Crippen LogP contribution < -0.4 is 4.74 Å². The van der Waals surface area contributed by atoms with Gasteiger partial charge in [-0.1, -0.05) is 6.07 Å². The minimum atomic E-state index is -0.571. The number of halogens is 1. The highest BCUT2D eigenvalue weighted by atomic mass is 32.1. The quantitative estimate of drug-likeness (QED) is 0.545. The molecule has 6 nitrogen and oxygen atoms in total. The average molecular weight is 405 g/mol. The summed E-state index contributed by atoms with van der Waals surface area (Å²) >= 11 is 1.39. The van der Waals surface area contributed by atoms with Gasteiger partial charge in [-0.25, -0.2) is 4.39 Å². The fourth-order valence-corrected chi connectivity index (χ4v) is 3.80. The van der Waals surface area contributed by atoms with Crippen LogP contribution in [0.3, 0.4) is 0 Å². The lowest BCUT2D eigenvalue weighted by Gasteiger charge is -2.30. The summed E-state index contributed by atoms with van der Waals surface area (Å²) in [7, 11) is 1.38. The first-order chi connectivity index (χ1) is 13.5. The summed E-state index contributed by atoms with van der Waals surface area (Å²) in [5.41, 5.74) is 0.0339. The molecule has 3 rings (SSSR count). The molecule has 1 aliphatic rings. The third-order valence-electron chi connectivity index (χ3n) is 4.65. The number of nitrogens with zero attached hydrogens (tertiary/aromatic N) is 1. The maximum atomic E-state index is 13.4. The van der Waals surface area contributed by atoms with Crippen LogP contribution in [-0.4, -0.2) is 49.4 Å². The van der Waals surface area contributed by atoms with Crippen molar-refractivity contribution in [3.8, 4) is 5.75 Å². The van der Waals surface area contributed by atoms with Crippen molar-refractivity contribution >= 4 is 29.0 Å². The lowest BCUT2D eigenvalue weighted by molar-refractivity contribution is -0.148. The Balaban J connectivity index is 1.50. The SMILES string of the molecule is COc1ccc(F)cc1C(=O)COC(=O)C1CCN(C(=O)c2cccs2)CC1. The molecule has 1 fully saturated rings. The Labute approximate surface area is 165 Å². The van der Waals surface area contributed by atoms with Crippen LogP contribution in [0.4, 0.5) is 4.39 Å². The van der Waals surface area contributed by atoms with Gasteiger partial charge in [-0.15, -0.1) is 11.3 Å². The largest absolute Gasteiger partial charge is 0.496 e. The second kappa shape index (κ2) is 8.97. The number of Topliss-reactive ketones (excluding diaryl/α,β-unsaturated/α-hetero) is 1. The Morgan fingerprint density at radius 2 is 1.96 bits per heavy atom. The van der Waals surface area contributed by atoms with Crippen LogP contribution in [0, 0.1) is 11.7 Å². The summed E-state index contributed by atoms with van der Waals surface area (Å²) in [5.74, 6) is -1.76. The summed E-state index contributed by atoms with van der Waals surface area (Å²) in [6.07, 6.45) is 0.959. The minimum absolute atomic E-state index is 0.0322. The molecule has 2 aromatic rings. The zero-order chi connectivity index (χ0) is 20.1. The third kappa shape index (κ3) is 4.56. The average Bonchev–Trinajstić information content (AvgIpc) is 3.26. The molecule has 0 N–H and O–H groups in total. The molecule has 28 heavy (non-hydrogen) atoms. The number of thiophene rings is 1. The van der Waals surface area contributed by atoms with E-state index in [-0.39, 0.29) is 23.1 Å². The van der Waals surface area contributed by atoms with Gasteiger partial charge in [0.25, 0.3) is 5.91 Å². The van der Waals surface area contributed by atoms with Crippen molar-refractivity contribution in [1.29, 1.82) is 0 Å². The monoisotopic (exact) mass is 405 g/mol. The molecule has 0 radical (unpaired) electrons. The Morgan fingerprint density at radius 1 is 1.21 bits per heavy atom. The molecule has 0 aliphatic carbocycles. The van der Waals surface area contributed by atoms with E-state index >= 15 is 0 Å². The fourth-order valence-electron chi connectivity index (χ4n) is 3.10. The number of carbonyl (C=O) groups is 3. The molecule has 0 saturated carbocycles. The van der Waals surface area contributed by atoms with Crippen LogP contribution in [0.5, 0.6) is 5.75 Å². The molecular weight excluding hydrogens is 385 g/mol. The van der Waals surface area contributed by atoms with Crippen molar-refractivity contribution in [1.82, 2.24) is 4.90 Å². The van der Waals surface area contributed by atoms with Gasteiger partial charge in [0.15, 0.2) is 6.61 Å². The van der Waals surface area contributed by atoms with Crippen LogP contribution in [0.25, 0.3) is 0 Å². The van der Waals surface area contributed by atoms with Gasteiger partial charge in [-0.05, 0) is 42.5 Å². The van der Waals surface area contributed by atoms with E-state index in [1.165, 1.54) is 30.6 Å². The van der Waals surface area contributed by atoms with E-state index in [0.29, 0.717) is 30.8 Å². The molecule has 0 atom stereocenters. The summed E-state index contributed by atoms with van der Waals surface area (Å²) in [6, 6.07) is 7.20. The number of benzene rings is 1. The maximum Gasteiger partial charge on any atom is 0.309 e. The molecule has 1 aliphatic heterocycles. The van der Waals surface area contributed by atoms with E-state index in [0.717, 1.165) is 6.07 Å². The van der Waals surface area contributed by atoms with Gasteiger partial charge in [0.05, 0.1) is 23.5 Å². The van der Waals surface area contributed by atoms with Gasteiger partial charge in [0.2, 0.25) is 5.78 Å². The first-order valence-corrected chi connectivity index (χ1v) is 9.73. The van der Waals surface area contributed by atoms with Crippen LogP contribution in [0.15, 0.2) is 35.7 Å². The smallest absolute Gasteiger partial charge is 0.309 e. The van der Waals surface area contributed by atoms with E-state index in [9.17, 15) is 18.8 Å². The lowest BCUT2D eigenvalue weighted by Crippen LogP contribution is -2.40. The number of methoxy groups -OCH3 is 1. The van der Waals surface area contributed by atoms with Crippen molar-refractivity contribution in [2.45, 2.75) is 12.8 Å². The third-order valence-corrected chi connectivity index (χ3v) is 5.51.